The van der Waals surface area contributed by atoms with E-state index >= 15 is 0 Å². The predicted octanol–water partition coefficient (Wildman–Crippen LogP) is 2.97. The number of aromatic nitrogens is 1. The van der Waals surface area contributed by atoms with Crippen LogP contribution in [0.5, 0.6) is 17.2 Å². The van der Waals surface area contributed by atoms with Gasteiger partial charge in [-0.2, -0.15) is 0 Å². The van der Waals surface area contributed by atoms with Crippen LogP contribution >= 0.6 is 0 Å². The van der Waals surface area contributed by atoms with Crippen LogP contribution in [0.3, 0.4) is 0 Å². The second kappa shape index (κ2) is 15.1. The van der Waals surface area contributed by atoms with Gasteiger partial charge in [-0.3, -0.25) is 14.4 Å². The van der Waals surface area contributed by atoms with Crippen LogP contribution in [0.2, 0.25) is 0 Å². The van der Waals surface area contributed by atoms with Crippen molar-refractivity contribution in [3.63, 3.8) is 0 Å². The molecule has 0 radical (unpaired) electrons. The maximum Gasteiger partial charge on any atom is 0.340 e. The maximum absolute atomic E-state index is 13.8. The van der Waals surface area contributed by atoms with Gasteiger partial charge in [0.25, 0.3) is 17.4 Å². The first kappa shape index (κ1) is 34.8. The number of nitrogens with one attached hydrogen (secondary N) is 2. The normalized spacial score (nSPS) is 16.2. The van der Waals surface area contributed by atoms with E-state index in [4.69, 9.17) is 23.7 Å². The Labute approximate surface area is 283 Å². The van der Waals surface area contributed by atoms with Gasteiger partial charge in [-0.05, 0) is 62.6 Å². The van der Waals surface area contributed by atoms with Crippen LogP contribution in [0.15, 0.2) is 53.3 Å². The quantitative estimate of drug-likeness (QED) is 0.214. The Morgan fingerprint density at radius 2 is 1.49 bits per heavy atom. The number of ether oxygens (including phenoxy) is 5. The number of amides is 2. The number of carbonyl (C=O) groups excluding carboxylic acids is 4. The van der Waals surface area contributed by atoms with Crippen molar-refractivity contribution in [2.75, 3.05) is 57.8 Å². The van der Waals surface area contributed by atoms with E-state index in [0.717, 1.165) is 12.1 Å². The number of anilines is 2. The highest BCUT2D eigenvalue weighted by Crippen LogP contribution is 2.41. The number of carbonyl (C=O) groups is 4. The molecule has 0 spiro atoms. The molecule has 0 aliphatic carbocycles. The van der Waals surface area contributed by atoms with Crippen molar-refractivity contribution in [2.24, 2.45) is 5.92 Å². The molecule has 0 unspecified atom stereocenters. The zero-order chi connectivity index (χ0) is 35.2. The first-order valence-corrected chi connectivity index (χ1v) is 16.0. The number of esters is 2. The molecular formula is C35H40N4O10. The number of fused-ring (bicyclic) bond motifs is 4. The van der Waals surface area contributed by atoms with Gasteiger partial charge < -0.3 is 43.8 Å². The van der Waals surface area contributed by atoms with Crippen LogP contribution in [-0.2, 0) is 25.6 Å². The lowest BCUT2D eigenvalue weighted by Gasteiger charge is -2.44. The van der Waals surface area contributed by atoms with Crippen molar-refractivity contribution in [1.82, 2.24) is 9.88 Å². The molecule has 3 heterocycles. The summed E-state index contributed by atoms with van der Waals surface area (Å²) in [5.41, 5.74) is 2.14. The van der Waals surface area contributed by atoms with Crippen LogP contribution in [0.4, 0.5) is 11.4 Å². The van der Waals surface area contributed by atoms with Gasteiger partial charge in [-0.1, -0.05) is 6.07 Å². The number of benzene rings is 2. The smallest absolute Gasteiger partial charge is 0.340 e. The maximum atomic E-state index is 13.8. The summed E-state index contributed by atoms with van der Waals surface area (Å²) in [4.78, 5) is 67.2. The van der Waals surface area contributed by atoms with Gasteiger partial charge in [0.05, 0.1) is 45.9 Å². The predicted molar refractivity (Wildman–Crippen MR) is 179 cm³/mol. The summed E-state index contributed by atoms with van der Waals surface area (Å²) in [6.45, 7) is 4.87. The third-order valence-electron chi connectivity index (χ3n) is 8.57. The average Bonchev–Trinajstić information content (AvgIpc) is 3.10. The number of piperidine rings is 1. The summed E-state index contributed by atoms with van der Waals surface area (Å²) in [5, 5.41) is 5.35. The Bertz CT molecular complexity index is 1760. The molecule has 5 rings (SSSR count). The van der Waals surface area contributed by atoms with Crippen LogP contribution in [0.1, 0.15) is 52.6 Å². The lowest BCUT2D eigenvalue weighted by atomic mass is 9.83. The van der Waals surface area contributed by atoms with Crippen LogP contribution in [0, 0.1) is 5.92 Å². The van der Waals surface area contributed by atoms with Crippen molar-refractivity contribution in [1.29, 1.82) is 0 Å². The lowest BCUT2D eigenvalue weighted by Crippen LogP contribution is -2.48. The molecule has 2 aliphatic rings. The molecule has 1 saturated heterocycles. The summed E-state index contributed by atoms with van der Waals surface area (Å²) in [5.74, 6) is -2.09. The standard InChI is InChI=1S/C35H40N4O10/c1-6-48-34(43)30(35(44)49-7-2)37-32(41)21-11-12-26(38-17-20-13-23(19-38)25-9-8-10-29(40)39(25)18-20)24(14-21)36-33(42)22-15-27(45-3)31(47-5)28(16-22)46-4/h8-12,14-16,20,23,30H,6-7,13,17-19H2,1-5H3,(H,36,42)(H,37,41)/t20-,23+/m1/s1. The Hall–Kier alpha value is -5.53. The minimum absolute atomic E-state index is 0.00660. The van der Waals surface area contributed by atoms with Crippen molar-refractivity contribution in [3.8, 4) is 17.2 Å². The van der Waals surface area contributed by atoms with E-state index in [1.54, 1.807) is 38.1 Å². The molecule has 2 amide bonds. The van der Waals surface area contributed by atoms with E-state index in [0.29, 0.717) is 36.8 Å². The summed E-state index contributed by atoms with van der Waals surface area (Å²) in [6.07, 6.45) is 0.913. The monoisotopic (exact) mass is 676 g/mol. The van der Waals surface area contributed by atoms with E-state index in [-0.39, 0.29) is 53.2 Å². The Morgan fingerprint density at radius 3 is 2.10 bits per heavy atom. The second-order valence-corrected chi connectivity index (χ2v) is 11.6. The van der Waals surface area contributed by atoms with Gasteiger partial charge in [0.15, 0.2) is 11.5 Å². The van der Waals surface area contributed by atoms with Crippen LogP contribution in [0.25, 0.3) is 0 Å². The minimum atomic E-state index is -1.69. The van der Waals surface area contributed by atoms with Crippen molar-refractivity contribution < 1.29 is 42.9 Å². The summed E-state index contributed by atoms with van der Waals surface area (Å²) in [6, 6.07) is 11.4. The first-order chi connectivity index (χ1) is 23.6. The molecular weight excluding hydrogens is 636 g/mol. The van der Waals surface area contributed by atoms with Gasteiger partial charge in [-0.25, -0.2) is 9.59 Å². The molecule has 260 valence electrons. The molecule has 2 aliphatic heterocycles. The molecule has 2 atom stereocenters. The van der Waals surface area contributed by atoms with Crippen molar-refractivity contribution in [2.45, 2.75) is 38.8 Å². The summed E-state index contributed by atoms with van der Waals surface area (Å²) >= 11 is 0. The minimum Gasteiger partial charge on any atom is -0.493 e. The van der Waals surface area contributed by atoms with Gasteiger partial charge in [0.2, 0.25) is 11.8 Å². The number of hydrogen-bond donors (Lipinski definition) is 2. The third-order valence-corrected chi connectivity index (χ3v) is 8.57. The zero-order valence-electron chi connectivity index (χ0n) is 28.1. The SMILES string of the molecule is CCOC(=O)C(NC(=O)c1ccc(N2C[C@H]3C[C@@H](C2)c2cccc(=O)n2C3)c(NC(=O)c2cc(OC)c(OC)c(OC)c2)c1)C(=O)OCC. The molecule has 1 fully saturated rings. The Morgan fingerprint density at radius 1 is 0.816 bits per heavy atom. The van der Waals surface area contributed by atoms with Gasteiger partial charge in [0.1, 0.15) is 0 Å². The van der Waals surface area contributed by atoms with Crippen LogP contribution in [-0.4, -0.2) is 82.0 Å². The van der Waals surface area contributed by atoms with E-state index in [1.165, 1.54) is 39.5 Å². The van der Waals surface area contributed by atoms with Gasteiger partial charge >= 0.3 is 11.9 Å². The number of pyridine rings is 1. The fraction of sp³-hybridized carbons (Fsp3) is 0.400. The molecule has 14 heteroatoms. The molecule has 14 nitrogen and oxygen atoms in total. The zero-order valence-corrected chi connectivity index (χ0v) is 28.1. The van der Waals surface area contributed by atoms with Crippen molar-refractivity contribution >= 4 is 35.1 Å². The average molecular weight is 677 g/mol. The number of nitrogens with zero attached hydrogens (tertiary/aromatic N) is 2. The Balaban J connectivity index is 1.51. The van der Waals surface area contributed by atoms with E-state index in [1.807, 2.05) is 10.6 Å². The third kappa shape index (κ3) is 7.32. The number of hydrogen-bond acceptors (Lipinski definition) is 11. The number of rotatable bonds is 12. The molecule has 1 aromatic heterocycles. The van der Waals surface area contributed by atoms with E-state index < -0.39 is 29.8 Å². The molecule has 2 N–H and O–H groups in total. The van der Waals surface area contributed by atoms with Crippen LogP contribution < -0.4 is 35.3 Å². The largest absolute Gasteiger partial charge is 0.493 e. The first-order valence-electron chi connectivity index (χ1n) is 16.0. The highest BCUT2D eigenvalue weighted by molar-refractivity contribution is 6.09. The summed E-state index contributed by atoms with van der Waals surface area (Å²) < 4.78 is 28.1. The molecule has 0 saturated carbocycles. The van der Waals surface area contributed by atoms with Gasteiger partial charge in [0, 0.05) is 48.4 Å². The molecule has 2 aromatic carbocycles. The summed E-state index contributed by atoms with van der Waals surface area (Å²) in [7, 11) is 4.34. The molecule has 2 bridgehead atoms. The second-order valence-electron chi connectivity index (χ2n) is 11.6. The van der Waals surface area contributed by atoms with Crippen molar-refractivity contribution in [3.05, 3.63) is 75.7 Å². The lowest BCUT2D eigenvalue weighted by molar-refractivity contribution is -0.157. The van der Waals surface area contributed by atoms with E-state index in [2.05, 4.69) is 15.5 Å². The number of methoxy groups -OCH3 is 3. The van der Waals surface area contributed by atoms with E-state index in [9.17, 15) is 24.0 Å². The molecule has 49 heavy (non-hydrogen) atoms. The highest BCUT2D eigenvalue weighted by atomic mass is 16.6. The fourth-order valence-electron chi connectivity index (χ4n) is 6.43. The Kier molecular flexibility index (Phi) is 10.7. The molecule has 3 aromatic rings. The van der Waals surface area contributed by atoms with Gasteiger partial charge in [-0.15, -0.1) is 0 Å². The fourth-order valence-corrected chi connectivity index (χ4v) is 6.43. The highest BCUT2D eigenvalue weighted by Gasteiger charge is 2.36. The topological polar surface area (TPSA) is 164 Å².